The van der Waals surface area contributed by atoms with E-state index >= 15 is 0 Å². The van der Waals surface area contributed by atoms with Crippen molar-refractivity contribution in [3.05, 3.63) is 0 Å². The predicted octanol–water partition coefficient (Wildman–Crippen LogP) is 1.46. The lowest BCUT2D eigenvalue weighted by molar-refractivity contribution is 0.285. The smallest absolute Gasteiger partial charge is 0.0873 e. The van der Waals surface area contributed by atoms with Crippen molar-refractivity contribution < 1.29 is 4.57 Å². The Morgan fingerprint density at radius 3 is 2.27 bits per heavy atom. The summed E-state index contributed by atoms with van der Waals surface area (Å²) in [6, 6.07) is 0.871. The third-order valence-corrected chi connectivity index (χ3v) is 5.08. The van der Waals surface area contributed by atoms with Crippen LogP contribution in [0, 0.1) is 0 Å². The molecule has 1 aliphatic heterocycles. The summed E-state index contributed by atoms with van der Waals surface area (Å²) in [5, 5.41) is 0. The topological polar surface area (TPSA) is 20.3 Å². The Hall–Kier alpha value is 0.190. The van der Waals surface area contributed by atoms with Crippen LogP contribution in [-0.4, -0.2) is 43.0 Å². The van der Waals surface area contributed by atoms with E-state index in [1.807, 2.05) is 6.66 Å². The van der Waals surface area contributed by atoms with Crippen molar-refractivity contribution in [3.8, 4) is 0 Å². The molecule has 2 aliphatic rings. The molecule has 0 amide bonds. The van der Waals surface area contributed by atoms with Crippen molar-refractivity contribution in [2.24, 2.45) is 0 Å². The summed E-state index contributed by atoms with van der Waals surface area (Å²) < 4.78 is 11.6. The van der Waals surface area contributed by atoms with E-state index in [9.17, 15) is 4.57 Å². The molecule has 1 aliphatic carbocycles. The molecule has 0 atom stereocenters. The summed E-state index contributed by atoms with van der Waals surface area (Å²) in [5.41, 5.74) is 0. The summed E-state index contributed by atoms with van der Waals surface area (Å²) in [7, 11) is -1.68. The van der Waals surface area contributed by atoms with Crippen molar-refractivity contribution >= 4 is 7.14 Å². The van der Waals surface area contributed by atoms with Crippen LogP contribution < -0.4 is 0 Å². The fourth-order valence-electron chi connectivity index (χ4n) is 1.71. The van der Waals surface area contributed by atoms with Gasteiger partial charge in [-0.2, -0.15) is 0 Å². The minimum absolute atomic E-state index is 0.871. The molecule has 0 radical (unpaired) electrons. The number of hydrogen-bond donors (Lipinski definition) is 0. The van der Waals surface area contributed by atoms with Crippen molar-refractivity contribution in [2.75, 3.05) is 32.1 Å². The van der Waals surface area contributed by atoms with Gasteiger partial charge in [0.15, 0.2) is 0 Å². The molecule has 1 saturated heterocycles. The lowest BCUT2D eigenvalue weighted by atomic mass is 10.4. The maximum atomic E-state index is 11.6. The molecule has 2 nitrogen and oxygen atoms in total. The predicted molar refractivity (Wildman–Crippen MR) is 47.9 cm³/mol. The minimum atomic E-state index is -1.68. The summed E-state index contributed by atoms with van der Waals surface area (Å²) in [6.07, 6.45) is 4.69. The third kappa shape index (κ3) is 1.86. The van der Waals surface area contributed by atoms with Crippen LogP contribution in [0.15, 0.2) is 0 Å². The average Bonchev–Trinajstić information content (AvgIpc) is 2.70. The van der Waals surface area contributed by atoms with E-state index in [4.69, 9.17) is 0 Å². The Morgan fingerprint density at radius 2 is 1.82 bits per heavy atom. The molecule has 3 heteroatoms. The molecule has 2 fully saturated rings. The molecule has 0 aromatic rings. The minimum Gasteiger partial charge on any atom is -0.324 e. The molecular weight excluding hydrogens is 157 g/mol. The van der Waals surface area contributed by atoms with Gasteiger partial charge in [0.05, 0.1) is 7.14 Å². The van der Waals surface area contributed by atoms with Crippen molar-refractivity contribution in [3.63, 3.8) is 0 Å². The Labute approximate surface area is 68.3 Å². The maximum absolute atomic E-state index is 11.6. The number of hydrogen-bond acceptors (Lipinski definition) is 2. The largest absolute Gasteiger partial charge is 0.324 e. The van der Waals surface area contributed by atoms with Gasteiger partial charge < -0.3 is 4.57 Å². The Balaban J connectivity index is 1.88. The zero-order valence-electron chi connectivity index (χ0n) is 7.12. The van der Waals surface area contributed by atoms with Gasteiger partial charge in [0, 0.05) is 31.5 Å². The molecule has 1 saturated carbocycles. The lowest BCUT2D eigenvalue weighted by Crippen LogP contribution is -2.36. The van der Waals surface area contributed by atoms with E-state index < -0.39 is 7.14 Å². The van der Waals surface area contributed by atoms with Gasteiger partial charge in [-0.3, -0.25) is 4.90 Å². The Morgan fingerprint density at radius 1 is 1.27 bits per heavy atom. The van der Waals surface area contributed by atoms with Crippen LogP contribution in [0.5, 0.6) is 0 Å². The first-order valence-electron chi connectivity index (χ1n) is 4.47. The zero-order chi connectivity index (χ0) is 7.90. The maximum Gasteiger partial charge on any atom is 0.0873 e. The normalized spacial score (nSPS) is 32.1. The van der Waals surface area contributed by atoms with Gasteiger partial charge in [-0.15, -0.1) is 0 Å². The molecule has 11 heavy (non-hydrogen) atoms. The monoisotopic (exact) mass is 173 g/mol. The highest BCUT2D eigenvalue weighted by Gasteiger charge is 2.33. The van der Waals surface area contributed by atoms with E-state index in [0.29, 0.717) is 0 Å². The second-order valence-electron chi connectivity index (χ2n) is 4.01. The molecule has 0 bridgehead atoms. The van der Waals surface area contributed by atoms with E-state index in [1.165, 1.54) is 12.8 Å². The quantitative estimate of drug-likeness (QED) is 0.559. The van der Waals surface area contributed by atoms with Crippen LogP contribution >= 0.6 is 7.14 Å². The van der Waals surface area contributed by atoms with Crippen LogP contribution in [0.1, 0.15) is 12.8 Å². The average molecular weight is 173 g/mol. The third-order valence-electron chi connectivity index (χ3n) is 2.78. The first-order chi connectivity index (χ1) is 5.17. The highest BCUT2D eigenvalue weighted by atomic mass is 31.2. The van der Waals surface area contributed by atoms with Crippen molar-refractivity contribution in [1.29, 1.82) is 0 Å². The highest BCUT2D eigenvalue weighted by Crippen LogP contribution is 2.44. The second-order valence-corrected chi connectivity index (χ2v) is 7.50. The molecule has 0 spiro atoms. The van der Waals surface area contributed by atoms with Gasteiger partial charge in [-0.25, -0.2) is 0 Å². The molecule has 1 heterocycles. The standard InChI is InChI=1S/C8H16NOP/c1-11(10)6-4-9(5-7-11)8-2-3-8/h8H,2-7H2,1H3. The molecular formula is C8H16NOP. The van der Waals surface area contributed by atoms with Crippen molar-refractivity contribution in [2.45, 2.75) is 18.9 Å². The van der Waals surface area contributed by atoms with Crippen LogP contribution in [0.25, 0.3) is 0 Å². The van der Waals surface area contributed by atoms with Gasteiger partial charge in [0.2, 0.25) is 0 Å². The summed E-state index contributed by atoms with van der Waals surface area (Å²) in [4.78, 5) is 2.51. The van der Waals surface area contributed by atoms with E-state index in [1.54, 1.807) is 0 Å². The first-order valence-corrected chi connectivity index (χ1v) is 6.99. The van der Waals surface area contributed by atoms with Crippen LogP contribution in [0.4, 0.5) is 0 Å². The van der Waals surface area contributed by atoms with Gasteiger partial charge in [0.25, 0.3) is 0 Å². The van der Waals surface area contributed by atoms with Gasteiger partial charge in [-0.1, -0.05) is 0 Å². The SMILES string of the molecule is CP1(=O)CCN(C2CC2)CC1. The molecule has 2 rings (SSSR count). The van der Waals surface area contributed by atoms with Crippen LogP contribution in [0.2, 0.25) is 0 Å². The Bertz CT molecular complexity index is 188. The Kier molecular flexibility index (Phi) is 1.85. The van der Waals surface area contributed by atoms with Crippen LogP contribution in [-0.2, 0) is 4.57 Å². The lowest BCUT2D eigenvalue weighted by Gasteiger charge is -2.30. The first kappa shape index (κ1) is 7.82. The molecule has 0 N–H and O–H groups in total. The van der Waals surface area contributed by atoms with E-state index in [0.717, 1.165) is 31.5 Å². The molecule has 0 unspecified atom stereocenters. The zero-order valence-corrected chi connectivity index (χ0v) is 8.02. The van der Waals surface area contributed by atoms with Gasteiger partial charge in [0.1, 0.15) is 0 Å². The summed E-state index contributed by atoms with van der Waals surface area (Å²) >= 11 is 0. The fraction of sp³-hybridized carbons (Fsp3) is 1.00. The van der Waals surface area contributed by atoms with Gasteiger partial charge >= 0.3 is 0 Å². The summed E-state index contributed by atoms with van der Waals surface area (Å²) in [5.74, 6) is 0. The highest BCUT2D eigenvalue weighted by molar-refractivity contribution is 7.63. The molecule has 0 aromatic carbocycles. The molecule has 64 valence electrons. The van der Waals surface area contributed by atoms with Crippen LogP contribution in [0.3, 0.4) is 0 Å². The number of nitrogens with zero attached hydrogens (tertiary/aromatic N) is 1. The van der Waals surface area contributed by atoms with Gasteiger partial charge in [-0.05, 0) is 19.5 Å². The summed E-state index contributed by atoms with van der Waals surface area (Å²) in [6.45, 7) is 4.15. The van der Waals surface area contributed by atoms with Crippen molar-refractivity contribution in [1.82, 2.24) is 4.90 Å². The van der Waals surface area contributed by atoms with E-state index in [2.05, 4.69) is 4.90 Å². The molecule has 0 aromatic heterocycles. The second kappa shape index (κ2) is 2.60. The van der Waals surface area contributed by atoms with E-state index in [-0.39, 0.29) is 0 Å². The fourth-order valence-corrected chi connectivity index (χ4v) is 3.29. The number of rotatable bonds is 1.